The molecule has 4 rings (SSSR count). The summed E-state index contributed by atoms with van der Waals surface area (Å²) in [5.41, 5.74) is 0.219. The monoisotopic (exact) mass is 390 g/mol. The molecule has 2 fully saturated rings. The van der Waals surface area contributed by atoms with Gasteiger partial charge in [-0.3, -0.25) is 9.69 Å². The van der Waals surface area contributed by atoms with Crippen molar-refractivity contribution in [3.05, 3.63) is 28.5 Å². The van der Waals surface area contributed by atoms with Gasteiger partial charge in [-0.15, -0.1) is 0 Å². The molecule has 6 heteroatoms. The fourth-order valence-corrected chi connectivity index (χ4v) is 5.73. The molecule has 1 saturated heterocycles. The molecule has 0 N–H and O–H groups in total. The topological polar surface area (TPSA) is 59.5 Å². The first-order valence-electron chi connectivity index (χ1n) is 9.85. The highest BCUT2D eigenvalue weighted by Crippen LogP contribution is 2.59. The Hall–Kier alpha value is -1.62. The maximum atomic E-state index is 13.2. The molecule has 1 aromatic rings. The summed E-state index contributed by atoms with van der Waals surface area (Å²) in [4.78, 5) is 32.7. The van der Waals surface area contributed by atoms with Crippen LogP contribution in [-0.4, -0.2) is 33.9 Å². The van der Waals surface area contributed by atoms with Crippen molar-refractivity contribution in [2.45, 2.75) is 64.5 Å². The minimum absolute atomic E-state index is 0.0886. The molecular formula is C21H27ClN2O3. The summed E-state index contributed by atoms with van der Waals surface area (Å²) < 4.78 is 5.77. The smallest absolute Gasteiger partial charge is 0.411 e. The van der Waals surface area contributed by atoms with Gasteiger partial charge in [-0.2, -0.15) is 0 Å². The number of likely N-dealkylation sites (tertiary alicyclic amines) is 1. The first-order valence-corrected chi connectivity index (χ1v) is 10.2. The van der Waals surface area contributed by atoms with E-state index in [1.807, 2.05) is 31.7 Å². The predicted molar refractivity (Wildman–Crippen MR) is 103 cm³/mol. The number of Topliss-reactive ketones (excluding diaryl/α,β-unsaturated/α-hetero) is 1. The summed E-state index contributed by atoms with van der Waals surface area (Å²) in [6.45, 7) is 8.47. The standard InChI is InChI=1S/C21H27ClN2O3/c1-12-10-13-14-6-5-9-24(19(26)27-20(2,3)4)21(14,11-12)15-7-8-16(22)23-17(15)18(13)25/h7-8,12-14H,5-6,9-11H2,1-4H3. The van der Waals surface area contributed by atoms with Gasteiger partial charge >= 0.3 is 6.09 Å². The fourth-order valence-electron chi connectivity index (χ4n) is 5.58. The number of piperidine rings is 1. The summed E-state index contributed by atoms with van der Waals surface area (Å²) in [6.07, 6.45) is 3.22. The Morgan fingerprint density at radius 2 is 2.11 bits per heavy atom. The summed E-state index contributed by atoms with van der Waals surface area (Å²) in [7, 11) is 0. The minimum atomic E-state index is -0.564. The predicted octanol–water partition coefficient (Wildman–Crippen LogP) is 4.82. The van der Waals surface area contributed by atoms with Gasteiger partial charge in [0.25, 0.3) is 0 Å². The van der Waals surface area contributed by atoms with E-state index in [2.05, 4.69) is 11.9 Å². The molecule has 1 aliphatic heterocycles. The normalized spacial score (nSPS) is 32.6. The van der Waals surface area contributed by atoms with E-state index in [4.69, 9.17) is 16.3 Å². The van der Waals surface area contributed by atoms with Crippen molar-refractivity contribution >= 4 is 23.5 Å². The van der Waals surface area contributed by atoms with Crippen molar-refractivity contribution < 1.29 is 14.3 Å². The van der Waals surface area contributed by atoms with Crippen molar-refractivity contribution in [2.24, 2.45) is 17.8 Å². The number of rotatable bonds is 0. The van der Waals surface area contributed by atoms with E-state index in [0.29, 0.717) is 23.3 Å². The van der Waals surface area contributed by atoms with Crippen LogP contribution in [0.25, 0.3) is 0 Å². The summed E-state index contributed by atoms with van der Waals surface area (Å²) >= 11 is 6.12. The fraction of sp³-hybridized carbons (Fsp3) is 0.667. The SMILES string of the molecule is CC1CC2C(=O)c3nc(Cl)ccc3C3(C1)C2CCCN3C(=O)OC(C)(C)C. The first-order chi connectivity index (χ1) is 12.6. The highest BCUT2D eigenvalue weighted by Gasteiger charge is 2.61. The number of pyridine rings is 1. The molecule has 2 aliphatic carbocycles. The van der Waals surface area contributed by atoms with Crippen molar-refractivity contribution in [1.82, 2.24) is 9.88 Å². The molecular weight excluding hydrogens is 364 g/mol. The van der Waals surface area contributed by atoms with Crippen molar-refractivity contribution in [3.63, 3.8) is 0 Å². The highest BCUT2D eigenvalue weighted by atomic mass is 35.5. The molecule has 1 saturated carbocycles. The van der Waals surface area contributed by atoms with Crippen LogP contribution in [0, 0.1) is 17.8 Å². The number of amides is 1. The molecule has 2 heterocycles. The van der Waals surface area contributed by atoms with Gasteiger partial charge in [-0.25, -0.2) is 9.78 Å². The average Bonchev–Trinajstić information content (AvgIpc) is 2.57. The number of carbonyl (C=O) groups is 2. The lowest BCUT2D eigenvalue weighted by Crippen LogP contribution is -2.65. The number of fused-ring (bicyclic) bond motifs is 1. The molecule has 0 radical (unpaired) electrons. The van der Waals surface area contributed by atoms with Crippen LogP contribution in [0.2, 0.25) is 5.15 Å². The molecule has 2 bridgehead atoms. The van der Waals surface area contributed by atoms with Crippen molar-refractivity contribution in [3.8, 4) is 0 Å². The third-order valence-electron chi connectivity index (χ3n) is 6.31. The van der Waals surface area contributed by atoms with Gasteiger partial charge in [0, 0.05) is 18.0 Å². The van der Waals surface area contributed by atoms with Crippen LogP contribution in [0.15, 0.2) is 12.1 Å². The molecule has 0 spiro atoms. The lowest BCUT2D eigenvalue weighted by atomic mass is 9.53. The number of carbonyl (C=O) groups excluding carboxylic acids is 2. The number of ether oxygens (including phenoxy) is 1. The zero-order chi connectivity index (χ0) is 19.6. The second-order valence-corrected chi connectivity index (χ2v) is 9.74. The van der Waals surface area contributed by atoms with Gasteiger partial charge < -0.3 is 4.74 Å². The number of ketones is 1. The second kappa shape index (κ2) is 6.20. The zero-order valence-corrected chi connectivity index (χ0v) is 17.2. The Morgan fingerprint density at radius 1 is 1.37 bits per heavy atom. The van der Waals surface area contributed by atoms with Crippen LogP contribution in [0.1, 0.15) is 69.4 Å². The Balaban J connectivity index is 1.90. The summed E-state index contributed by atoms with van der Waals surface area (Å²) in [5, 5.41) is 0.322. The van der Waals surface area contributed by atoms with Gasteiger partial charge in [0.2, 0.25) is 0 Å². The van der Waals surface area contributed by atoms with Crippen LogP contribution >= 0.6 is 11.6 Å². The van der Waals surface area contributed by atoms with E-state index in [1.165, 1.54) is 0 Å². The van der Waals surface area contributed by atoms with Gasteiger partial charge in [-0.05, 0) is 64.4 Å². The number of halogens is 1. The lowest BCUT2D eigenvalue weighted by Gasteiger charge is -2.60. The maximum Gasteiger partial charge on any atom is 0.411 e. The number of hydrogen-bond acceptors (Lipinski definition) is 4. The van der Waals surface area contributed by atoms with Crippen LogP contribution in [-0.2, 0) is 10.3 Å². The van der Waals surface area contributed by atoms with Crippen LogP contribution in [0.4, 0.5) is 4.79 Å². The third kappa shape index (κ3) is 2.86. The Kier molecular flexibility index (Phi) is 4.30. The van der Waals surface area contributed by atoms with Gasteiger partial charge in [0.15, 0.2) is 5.78 Å². The zero-order valence-electron chi connectivity index (χ0n) is 16.4. The average molecular weight is 391 g/mol. The first kappa shape index (κ1) is 18.7. The van der Waals surface area contributed by atoms with E-state index in [9.17, 15) is 9.59 Å². The molecule has 1 aromatic heterocycles. The molecule has 4 unspecified atom stereocenters. The van der Waals surface area contributed by atoms with E-state index >= 15 is 0 Å². The molecule has 4 atom stereocenters. The van der Waals surface area contributed by atoms with Gasteiger partial charge in [0.1, 0.15) is 16.4 Å². The van der Waals surface area contributed by atoms with E-state index in [1.54, 1.807) is 6.07 Å². The minimum Gasteiger partial charge on any atom is -0.444 e. The molecule has 5 nitrogen and oxygen atoms in total. The number of nitrogens with zero attached hydrogens (tertiary/aromatic N) is 2. The largest absolute Gasteiger partial charge is 0.444 e. The van der Waals surface area contributed by atoms with Crippen LogP contribution in [0.5, 0.6) is 0 Å². The van der Waals surface area contributed by atoms with Crippen molar-refractivity contribution in [2.75, 3.05) is 6.54 Å². The molecule has 0 aromatic carbocycles. The molecule has 3 aliphatic rings. The molecule has 27 heavy (non-hydrogen) atoms. The Bertz CT molecular complexity index is 803. The van der Waals surface area contributed by atoms with E-state index in [-0.39, 0.29) is 23.7 Å². The molecule has 146 valence electrons. The summed E-state index contributed by atoms with van der Waals surface area (Å²) in [5.74, 6) is 0.461. The Morgan fingerprint density at radius 3 is 2.81 bits per heavy atom. The van der Waals surface area contributed by atoms with Crippen molar-refractivity contribution in [1.29, 1.82) is 0 Å². The Labute approximate surface area is 165 Å². The van der Waals surface area contributed by atoms with Gasteiger partial charge in [-0.1, -0.05) is 24.6 Å². The third-order valence-corrected chi connectivity index (χ3v) is 6.52. The van der Waals surface area contributed by atoms with Gasteiger partial charge in [0.05, 0.1) is 5.54 Å². The number of aromatic nitrogens is 1. The second-order valence-electron chi connectivity index (χ2n) is 9.35. The highest BCUT2D eigenvalue weighted by molar-refractivity contribution is 6.29. The number of hydrogen-bond donors (Lipinski definition) is 0. The molecule has 1 amide bonds. The maximum absolute atomic E-state index is 13.2. The van der Waals surface area contributed by atoms with E-state index < -0.39 is 11.1 Å². The van der Waals surface area contributed by atoms with E-state index in [0.717, 1.165) is 31.2 Å². The van der Waals surface area contributed by atoms with Crippen LogP contribution < -0.4 is 0 Å². The summed E-state index contributed by atoms with van der Waals surface area (Å²) in [6, 6.07) is 3.65. The van der Waals surface area contributed by atoms with Crippen LogP contribution in [0.3, 0.4) is 0 Å². The quantitative estimate of drug-likeness (QED) is 0.596. The lowest BCUT2D eigenvalue weighted by molar-refractivity contribution is -0.0845.